The van der Waals surface area contributed by atoms with Crippen molar-refractivity contribution in [3.05, 3.63) is 59.7 Å². The third-order valence-corrected chi connectivity index (χ3v) is 2.98. The number of nitrogens with one attached hydrogen (secondary N) is 1. The summed E-state index contributed by atoms with van der Waals surface area (Å²) in [5, 5.41) is 3.93. The fourth-order valence-corrected chi connectivity index (χ4v) is 1.74. The molecule has 0 spiro atoms. The fourth-order valence-electron chi connectivity index (χ4n) is 1.74. The zero-order valence-corrected chi connectivity index (χ0v) is 12.4. The fraction of sp³-hybridized carbons (Fsp3) is 0.235. The molecule has 0 amide bonds. The number of hydrogen-bond acceptors (Lipinski definition) is 3. The lowest BCUT2D eigenvalue weighted by Crippen LogP contribution is -1.97. The maximum absolute atomic E-state index is 13.4. The zero-order valence-electron chi connectivity index (χ0n) is 12.4. The third kappa shape index (κ3) is 4.84. The number of hydrazone groups is 1. The van der Waals surface area contributed by atoms with Gasteiger partial charge in [-0.15, -0.1) is 0 Å². The van der Waals surface area contributed by atoms with Gasteiger partial charge in [0.25, 0.3) is 0 Å². The largest absolute Gasteiger partial charge is 0.494 e. The Labute approximate surface area is 128 Å². The number of rotatable bonds is 7. The van der Waals surface area contributed by atoms with E-state index in [9.17, 15) is 8.78 Å². The quantitative estimate of drug-likeness (QED) is 0.461. The molecule has 0 atom stereocenters. The van der Waals surface area contributed by atoms with Crippen LogP contribution in [0.1, 0.15) is 25.3 Å². The highest BCUT2D eigenvalue weighted by molar-refractivity contribution is 5.80. The van der Waals surface area contributed by atoms with Crippen LogP contribution >= 0.6 is 0 Å². The Morgan fingerprint density at radius 1 is 1.14 bits per heavy atom. The van der Waals surface area contributed by atoms with Crippen molar-refractivity contribution in [1.29, 1.82) is 0 Å². The molecule has 0 saturated carbocycles. The number of benzene rings is 2. The van der Waals surface area contributed by atoms with Crippen molar-refractivity contribution in [2.45, 2.75) is 19.8 Å². The minimum Gasteiger partial charge on any atom is -0.494 e. The maximum atomic E-state index is 13.4. The van der Waals surface area contributed by atoms with Gasteiger partial charge in [0.15, 0.2) is 5.82 Å². The van der Waals surface area contributed by atoms with Gasteiger partial charge in [0.05, 0.1) is 18.5 Å². The Morgan fingerprint density at radius 2 is 1.91 bits per heavy atom. The van der Waals surface area contributed by atoms with Gasteiger partial charge in [0.2, 0.25) is 0 Å². The number of halogens is 2. The molecule has 5 heteroatoms. The molecular weight excluding hydrogens is 286 g/mol. The van der Waals surface area contributed by atoms with Crippen LogP contribution in [0.25, 0.3) is 0 Å². The smallest absolute Gasteiger partial charge is 0.151 e. The van der Waals surface area contributed by atoms with E-state index in [1.165, 1.54) is 12.1 Å². The molecule has 0 aliphatic carbocycles. The first-order chi connectivity index (χ1) is 10.7. The summed E-state index contributed by atoms with van der Waals surface area (Å²) in [6.07, 6.45) is 3.67. The lowest BCUT2D eigenvalue weighted by molar-refractivity contribution is 0.309. The van der Waals surface area contributed by atoms with Crippen LogP contribution < -0.4 is 10.2 Å². The minimum atomic E-state index is -0.683. The average Bonchev–Trinajstić information content (AvgIpc) is 2.51. The summed E-state index contributed by atoms with van der Waals surface area (Å²) in [4.78, 5) is 0. The highest BCUT2D eigenvalue weighted by Gasteiger charge is 2.01. The van der Waals surface area contributed by atoms with Crippen LogP contribution in [0.15, 0.2) is 47.6 Å². The number of anilines is 1. The predicted molar refractivity (Wildman–Crippen MR) is 84.4 cm³/mol. The molecule has 0 aromatic heterocycles. The summed E-state index contributed by atoms with van der Waals surface area (Å²) >= 11 is 0. The molecule has 2 rings (SSSR count). The molecule has 1 N–H and O–H groups in total. The van der Waals surface area contributed by atoms with Crippen molar-refractivity contribution in [2.75, 3.05) is 12.0 Å². The van der Waals surface area contributed by atoms with Crippen LogP contribution in [0.2, 0.25) is 0 Å². The monoisotopic (exact) mass is 304 g/mol. The first-order valence-electron chi connectivity index (χ1n) is 7.16. The van der Waals surface area contributed by atoms with Gasteiger partial charge in [-0.1, -0.05) is 13.3 Å². The molecular formula is C17H18F2N2O. The van der Waals surface area contributed by atoms with Crippen LogP contribution in [0.5, 0.6) is 5.75 Å². The van der Waals surface area contributed by atoms with Crippen LogP contribution in [0, 0.1) is 11.6 Å². The molecule has 0 radical (unpaired) electrons. The average molecular weight is 304 g/mol. The molecule has 0 saturated heterocycles. The van der Waals surface area contributed by atoms with E-state index in [4.69, 9.17) is 4.74 Å². The topological polar surface area (TPSA) is 33.6 Å². The van der Waals surface area contributed by atoms with Gasteiger partial charge in [-0.25, -0.2) is 8.78 Å². The van der Waals surface area contributed by atoms with Gasteiger partial charge < -0.3 is 4.74 Å². The molecule has 0 aliphatic rings. The van der Waals surface area contributed by atoms with Gasteiger partial charge in [-0.3, -0.25) is 5.43 Å². The Kier molecular flexibility index (Phi) is 5.89. The molecule has 2 aromatic carbocycles. The zero-order chi connectivity index (χ0) is 15.8. The minimum absolute atomic E-state index is 0.122. The highest BCUT2D eigenvalue weighted by atomic mass is 19.1. The molecule has 0 unspecified atom stereocenters. The van der Waals surface area contributed by atoms with Gasteiger partial charge in [-0.2, -0.15) is 5.10 Å². The summed E-state index contributed by atoms with van der Waals surface area (Å²) < 4.78 is 31.7. The third-order valence-electron chi connectivity index (χ3n) is 2.98. The second kappa shape index (κ2) is 8.12. The Balaban J connectivity index is 1.90. The van der Waals surface area contributed by atoms with Crippen molar-refractivity contribution >= 4 is 11.9 Å². The SMILES string of the molecule is CCCCOc1ccc(C=NNc2ccc(F)cc2F)cc1. The van der Waals surface area contributed by atoms with E-state index < -0.39 is 11.6 Å². The van der Waals surface area contributed by atoms with Crippen LogP contribution in [-0.2, 0) is 0 Å². The molecule has 0 fully saturated rings. The lowest BCUT2D eigenvalue weighted by Gasteiger charge is -2.05. The van der Waals surface area contributed by atoms with Gasteiger partial charge in [-0.05, 0) is 48.4 Å². The molecule has 0 heterocycles. The van der Waals surface area contributed by atoms with Gasteiger partial charge in [0, 0.05) is 6.07 Å². The normalized spacial score (nSPS) is 10.9. The van der Waals surface area contributed by atoms with E-state index in [0.29, 0.717) is 6.61 Å². The molecule has 2 aromatic rings. The van der Waals surface area contributed by atoms with E-state index in [1.807, 2.05) is 24.3 Å². The number of unbranched alkanes of at least 4 members (excludes halogenated alkanes) is 1. The summed E-state index contributed by atoms with van der Waals surface area (Å²) in [7, 11) is 0. The number of nitrogens with zero attached hydrogens (tertiary/aromatic N) is 1. The summed E-state index contributed by atoms with van der Waals surface area (Å²) in [6, 6.07) is 10.7. The Bertz CT molecular complexity index is 627. The molecule has 0 bridgehead atoms. The van der Waals surface area contributed by atoms with E-state index in [1.54, 1.807) is 6.21 Å². The van der Waals surface area contributed by atoms with Crippen molar-refractivity contribution in [2.24, 2.45) is 5.10 Å². The van der Waals surface area contributed by atoms with Crippen molar-refractivity contribution < 1.29 is 13.5 Å². The Morgan fingerprint density at radius 3 is 2.59 bits per heavy atom. The molecule has 3 nitrogen and oxygen atoms in total. The second-order valence-corrected chi connectivity index (χ2v) is 4.77. The summed E-state index contributed by atoms with van der Waals surface area (Å²) in [6.45, 7) is 2.81. The Hall–Kier alpha value is -2.43. The maximum Gasteiger partial charge on any atom is 0.151 e. The van der Waals surface area contributed by atoms with Gasteiger partial charge >= 0.3 is 0 Å². The first-order valence-corrected chi connectivity index (χ1v) is 7.16. The molecule has 22 heavy (non-hydrogen) atoms. The molecule has 0 aliphatic heterocycles. The second-order valence-electron chi connectivity index (χ2n) is 4.77. The highest BCUT2D eigenvalue weighted by Crippen LogP contribution is 2.15. The number of hydrogen-bond donors (Lipinski definition) is 1. The van der Waals surface area contributed by atoms with E-state index in [-0.39, 0.29) is 5.69 Å². The first kappa shape index (κ1) is 15.9. The van der Waals surface area contributed by atoms with Crippen molar-refractivity contribution in [3.8, 4) is 5.75 Å². The van der Waals surface area contributed by atoms with Crippen molar-refractivity contribution in [1.82, 2.24) is 0 Å². The van der Waals surface area contributed by atoms with Crippen LogP contribution in [-0.4, -0.2) is 12.8 Å². The molecule has 116 valence electrons. The number of ether oxygens (including phenoxy) is 1. The van der Waals surface area contributed by atoms with Crippen LogP contribution in [0.4, 0.5) is 14.5 Å². The van der Waals surface area contributed by atoms with Crippen LogP contribution in [0.3, 0.4) is 0 Å². The lowest BCUT2D eigenvalue weighted by atomic mass is 10.2. The standard InChI is InChI=1S/C17H18F2N2O/c1-2-3-10-22-15-7-4-13(5-8-15)12-20-21-17-9-6-14(18)11-16(17)19/h4-9,11-12,21H,2-3,10H2,1H3. The summed E-state index contributed by atoms with van der Waals surface area (Å²) in [5.74, 6) is -0.495. The van der Waals surface area contributed by atoms with E-state index in [2.05, 4.69) is 17.5 Å². The predicted octanol–water partition coefficient (Wildman–Crippen LogP) is 4.59. The van der Waals surface area contributed by atoms with Gasteiger partial charge in [0.1, 0.15) is 11.6 Å². The summed E-state index contributed by atoms with van der Waals surface area (Å²) in [5.41, 5.74) is 3.51. The van der Waals surface area contributed by atoms with E-state index >= 15 is 0 Å². The van der Waals surface area contributed by atoms with Crippen molar-refractivity contribution in [3.63, 3.8) is 0 Å². The van der Waals surface area contributed by atoms with E-state index in [0.717, 1.165) is 30.2 Å².